The maximum absolute atomic E-state index is 12.5. The summed E-state index contributed by atoms with van der Waals surface area (Å²) < 4.78 is 16.8. The number of rotatable bonds is 5. The van der Waals surface area contributed by atoms with Crippen molar-refractivity contribution in [3.05, 3.63) is 52.0 Å². The molecule has 2 aromatic rings. The van der Waals surface area contributed by atoms with Gasteiger partial charge >= 0.3 is 0 Å². The molecule has 0 radical (unpaired) electrons. The number of ether oxygens (including phenoxy) is 3. The van der Waals surface area contributed by atoms with E-state index in [9.17, 15) is 4.79 Å². The van der Waals surface area contributed by atoms with Crippen LogP contribution in [0.2, 0.25) is 10.0 Å². The van der Waals surface area contributed by atoms with Crippen LogP contribution < -0.4 is 19.5 Å². The molecule has 5 nitrogen and oxygen atoms in total. The van der Waals surface area contributed by atoms with E-state index in [-0.39, 0.29) is 18.6 Å². The number of hydrogen-bond donors (Lipinski definition) is 1. The number of hydrogen-bond acceptors (Lipinski definition) is 4. The molecule has 0 aliphatic carbocycles. The summed E-state index contributed by atoms with van der Waals surface area (Å²) in [5, 5.41) is 3.88. The lowest BCUT2D eigenvalue weighted by atomic mass is 9.89. The molecule has 0 bridgehead atoms. The van der Waals surface area contributed by atoms with Crippen molar-refractivity contribution < 1.29 is 19.0 Å². The highest BCUT2D eigenvalue weighted by Gasteiger charge is 2.34. The third kappa shape index (κ3) is 4.79. The Kier molecular flexibility index (Phi) is 5.72. The lowest BCUT2D eigenvalue weighted by Gasteiger charge is -2.38. The summed E-state index contributed by atoms with van der Waals surface area (Å²) in [6.45, 7) is 3.82. The fourth-order valence-electron chi connectivity index (χ4n) is 3.06. The van der Waals surface area contributed by atoms with E-state index in [1.165, 1.54) is 0 Å². The number of carbonyl (C=O) groups excluding carboxylic acids is 1. The van der Waals surface area contributed by atoms with Gasteiger partial charge in [-0.2, -0.15) is 0 Å². The lowest BCUT2D eigenvalue weighted by Crippen LogP contribution is -2.42. The minimum Gasteiger partial charge on any atom is -0.497 e. The fraction of sp³-hybridized carbons (Fsp3) is 0.350. The zero-order chi connectivity index (χ0) is 19.6. The summed E-state index contributed by atoms with van der Waals surface area (Å²) in [5.74, 6) is 1.60. The van der Waals surface area contributed by atoms with Crippen LogP contribution in [0, 0.1) is 0 Å². The molecule has 2 aromatic carbocycles. The van der Waals surface area contributed by atoms with Crippen LogP contribution in [0.5, 0.6) is 17.2 Å². The monoisotopic (exact) mass is 409 g/mol. The van der Waals surface area contributed by atoms with Gasteiger partial charge in [0.1, 0.15) is 22.8 Å². The zero-order valence-corrected chi connectivity index (χ0v) is 16.9. The quantitative estimate of drug-likeness (QED) is 0.770. The molecule has 1 aliphatic rings. The number of carbonyl (C=O) groups is 1. The number of halogens is 2. The van der Waals surface area contributed by atoms with Gasteiger partial charge in [0.25, 0.3) is 5.91 Å². The molecule has 0 saturated carbocycles. The van der Waals surface area contributed by atoms with Gasteiger partial charge in [0, 0.05) is 17.0 Å². The van der Waals surface area contributed by atoms with Crippen LogP contribution in [-0.4, -0.2) is 25.2 Å². The summed E-state index contributed by atoms with van der Waals surface area (Å²) >= 11 is 11.9. The molecule has 27 heavy (non-hydrogen) atoms. The van der Waals surface area contributed by atoms with Crippen LogP contribution in [0.25, 0.3) is 0 Å². The van der Waals surface area contributed by atoms with E-state index >= 15 is 0 Å². The molecule has 0 fully saturated rings. The first kappa shape index (κ1) is 19.6. The number of benzene rings is 2. The molecule has 1 N–H and O–H groups in total. The Labute approximate surface area is 168 Å². The van der Waals surface area contributed by atoms with E-state index in [2.05, 4.69) is 5.32 Å². The molecule has 3 rings (SSSR count). The van der Waals surface area contributed by atoms with Crippen molar-refractivity contribution in [2.45, 2.75) is 31.9 Å². The third-order valence-electron chi connectivity index (χ3n) is 4.26. The maximum atomic E-state index is 12.5. The van der Waals surface area contributed by atoms with Crippen LogP contribution in [0.3, 0.4) is 0 Å². The topological polar surface area (TPSA) is 56.8 Å². The van der Waals surface area contributed by atoms with E-state index in [4.69, 9.17) is 37.4 Å². The molecule has 7 heteroatoms. The average Bonchev–Trinajstić information content (AvgIpc) is 2.60. The normalized spacial score (nSPS) is 17.4. The van der Waals surface area contributed by atoms with Crippen molar-refractivity contribution in [2.75, 3.05) is 13.7 Å². The van der Waals surface area contributed by atoms with E-state index in [0.29, 0.717) is 28.0 Å². The molecular formula is C20H21Cl2NO4. The van der Waals surface area contributed by atoms with Crippen molar-refractivity contribution in [1.82, 2.24) is 5.32 Å². The smallest absolute Gasteiger partial charge is 0.258 e. The van der Waals surface area contributed by atoms with Crippen LogP contribution in [0.4, 0.5) is 0 Å². The minimum atomic E-state index is -0.403. The van der Waals surface area contributed by atoms with Crippen LogP contribution in [-0.2, 0) is 4.79 Å². The van der Waals surface area contributed by atoms with Gasteiger partial charge in [0.15, 0.2) is 6.61 Å². The van der Waals surface area contributed by atoms with Crippen LogP contribution in [0.15, 0.2) is 36.4 Å². The molecule has 0 unspecified atom stereocenters. The third-order valence-corrected chi connectivity index (χ3v) is 4.79. The largest absolute Gasteiger partial charge is 0.497 e. The Morgan fingerprint density at radius 1 is 1.26 bits per heavy atom. The molecule has 1 amide bonds. The second kappa shape index (κ2) is 7.87. The highest BCUT2D eigenvalue weighted by Crippen LogP contribution is 2.41. The Morgan fingerprint density at radius 2 is 2.04 bits per heavy atom. The van der Waals surface area contributed by atoms with E-state index in [1.54, 1.807) is 25.3 Å². The molecule has 0 saturated heterocycles. The van der Waals surface area contributed by atoms with E-state index < -0.39 is 5.60 Å². The summed E-state index contributed by atoms with van der Waals surface area (Å²) in [4.78, 5) is 12.5. The van der Waals surface area contributed by atoms with Gasteiger partial charge in [-0.15, -0.1) is 0 Å². The first-order valence-electron chi connectivity index (χ1n) is 8.51. The predicted octanol–water partition coefficient (Wildman–Crippen LogP) is 4.80. The molecule has 1 aliphatic heterocycles. The van der Waals surface area contributed by atoms with Gasteiger partial charge in [-0.25, -0.2) is 0 Å². The molecule has 144 valence electrons. The minimum absolute atomic E-state index is 0.154. The van der Waals surface area contributed by atoms with Gasteiger partial charge in [0.2, 0.25) is 0 Å². The average molecular weight is 410 g/mol. The first-order valence-corrected chi connectivity index (χ1v) is 9.27. The Bertz CT molecular complexity index is 854. The number of nitrogens with one attached hydrogen (secondary N) is 1. The first-order chi connectivity index (χ1) is 12.8. The van der Waals surface area contributed by atoms with Crippen molar-refractivity contribution >= 4 is 29.1 Å². The Balaban J connectivity index is 1.71. The SMILES string of the molecule is COc1ccc2c(c1)[C@@H](NC(=O)COc1ccc(Cl)cc1Cl)CC(C)(C)O2. The van der Waals surface area contributed by atoms with Gasteiger partial charge in [0.05, 0.1) is 18.2 Å². The number of methoxy groups -OCH3 is 1. The van der Waals surface area contributed by atoms with E-state index in [0.717, 1.165) is 11.3 Å². The number of amides is 1. The van der Waals surface area contributed by atoms with Gasteiger partial charge in [-0.3, -0.25) is 4.79 Å². The van der Waals surface area contributed by atoms with Crippen molar-refractivity contribution in [1.29, 1.82) is 0 Å². The summed E-state index contributed by atoms with van der Waals surface area (Å²) in [6, 6.07) is 10.2. The zero-order valence-electron chi connectivity index (χ0n) is 15.3. The molecule has 1 heterocycles. The summed E-state index contributed by atoms with van der Waals surface area (Å²) in [6.07, 6.45) is 0.626. The second-order valence-electron chi connectivity index (χ2n) is 6.95. The van der Waals surface area contributed by atoms with Gasteiger partial charge < -0.3 is 19.5 Å². The highest BCUT2D eigenvalue weighted by molar-refractivity contribution is 6.35. The fourth-order valence-corrected chi connectivity index (χ4v) is 3.52. The Hall–Kier alpha value is -2.11. The Morgan fingerprint density at radius 3 is 2.74 bits per heavy atom. The predicted molar refractivity (Wildman–Crippen MR) is 105 cm³/mol. The highest BCUT2D eigenvalue weighted by atomic mass is 35.5. The molecule has 0 spiro atoms. The number of fused-ring (bicyclic) bond motifs is 1. The summed E-state index contributed by atoms with van der Waals surface area (Å²) in [5.41, 5.74) is 0.478. The van der Waals surface area contributed by atoms with Gasteiger partial charge in [-0.05, 0) is 50.2 Å². The molecule has 1 atom stereocenters. The molecular weight excluding hydrogens is 389 g/mol. The van der Waals surface area contributed by atoms with Crippen LogP contribution in [0.1, 0.15) is 31.9 Å². The van der Waals surface area contributed by atoms with E-state index in [1.807, 2.05) is 32.0 Å². The standard InChI is InChI=1S/C20H21Cl2NO4/c1-20(2)10-16(14-9-13(25-3)5-7-17(14)27-20)23-19(24)11-26-18-6-4-12(21)8-15(18)22/h4-9,16H,10-11H2,1-3H3,(H,23,24)/t16-/m0/s1. The second-order valence-corrected chi connectivity index (χ2v) is 7.80. The van der Waals surface area contributed by atoms with Crippen molar-refractivity contribution in [3.63, 3.8) is 0 Å². The van der Waals surface area contributed by atoms with Gasteiger partial charge in [-0.1, -0.05) is 23.2 Å². The summed E-state index contributed by atoms with van der Waals surface area (Å²) in [7, 11) is 1.60. The van der Waals surface area contributed by atoms with Crippen molar-refractivity contribution in [3.8, 4) is 17.2 Å². The van der Waals surface area contributed by atoms with Crippen molar-refractivity contribution in [2.24, 2.45) is 0 Å². The maximum Gasteiger partial charge on any atom is 0.258 e. The molecule has 0 aromatic heterocycles. The lowest BCUT2D eigenvalue weighted by molar-refractivity contribution is -0.124. The van der Waals surface area contributed by atoms with Crippen LogP contribution >= 0.6 is 23.2 Å².